The number of ether oxygens (including phenoxy) is 4. The van der Waals surface area contributed by atoms with Crippen molar-refractivity contribution in [2.24, 2.45) is 5.92 Å². The molecule has 2 bridgehead atoms. The Kier molecular flexibility index (Phi) is 15.5. The van der Waals surface area contributed by atoms with Gasteiger partial charge in [-0.1, -0.05) is 68.4 Å². The van der Waals surface area contributed by atoms with Crippen molar-refractivity contribution in [1.82, 2.24) is 50.4 Å². The number of hydrogen-bond donors (Lipinski definition) is 3. The highest BCUT2D eigenvalue weighted by molar-refractivity contribution is 7.13. The maximum absolute atomic E-state index is 14.5. The number of likely N-dealkylation sites (tertiary alicyclic amines) is 1. The third kappa shape index (κ3) is 10.7. The fourth-order valence-corrected chi connectivity index (χ4v) is 15.4. The number of carbonyl (C=O) groups excluding carboxylic acids is 3. The number of aryl methyl sites for hydroxylation is 1. The van der Waals surface area contributed by atoms with Gasteiger partial charge in [0.15, 0.2) is 6.79 Å². The zero-order valence-corrected chi connectivity index (χ0v) is 50.2. The summed E-state index contributed by atoms with van der Waals surface area (Å²) in [5, 5.41) is 25.2. The highest BCUT2D eigenvalue weighted by Crippen LogP contribution is 2.50. The molecule has 85 heavy (non-hydrogen) atoms. The van der Waals surface area contributed by atoms with Crippen molar-refractivity contribution >= 4 is 56.7 Å². The number of piperazine rings is 1. The number of fused-ring (bicyclic) bond motifs is 7. The molecular weight excluding hydrogens is 1100 g/mol. The van der Waals surface area contributed by atoms with Crippen LogP contribution in [0.5, 0.6) is 11.8 Å². The van der Waals surface area contributed by atoms with Gasteiger partial charge in [0.1, 0.15) is 48.2 Å². The Morgan fingerprint density at radius 3 is 2.56 bits per heavy atom. The van der Waals surface area contributed by atoms with Crippen LogP contribution in [-0.4, -0.2) is 159 Å². The number of aliphatic hydroxyl groups is 1. The summed E-state index contributed by atoms with van der Waals surface area (Å²) in [5.41, 5.74) is 9.91. The molecule has 13 rings (SSSR count). The lowest BCUT2D eigenvalue weighted by atomic mass is 9.79. The Bertz CT molecular complexity index is 3660. The van der Waals surface area contributed by atoms with Gasteiger partial charge in [-0.05, 0) is 104 Å². The molecule has 9 heterocycles. The Morgan fingerprint density at radius 2 is 1.80 bits per heavy atom. The lowest BCUT2D eigenvalue weighted by molar-refractivity contribution is -0.141. The van der Waals surface area contributed by atoms with Crippen LogP contribution in [0.4, 0.5) is 10.6 Å². The number of aromatic nitrogens is 5. The summed E-state index contributed by atoms with van der Waals surface area (Å²) in [6.07, 6.45) is 6.59. The average Bonchev–Trinajstić information content (AvgIpc) is 1.65. The molecule has 7 aromatic rings. The number of methoxy groups -OCH3 is 1. The molecule has 3 unspecified atom stereocenters. The molecule has 446 valence electrons. The van der Waals surface area contributed by atoms with Gasteiger partial charge in [0.05, 0.1) is 56.9 Å². The van der Waals surface area contributed by atoms with Crippen LogP contribution in [0, 0.1) is 12.8 Å². The van der Waals surface area contributed by atoms with E-state index >= 15 is 0 Å². The number of carbonyl (C=O) groups is 3. The highest BCUT2D eigenvalue weighted by atomic mass is 32.1. The molecule has 1 aliphatic carbocycles. The molecule has 6 aliphatic rings. The van der Waals surface area contributed by atoms with Gasteiger partial charge in [-0.15, -0.1) is 11.3 Å². The Balaban J connectivity index is 0.663. The van der Waals surface area contributed by atoms with Gasteiger partial charge in [0.25, 0.3) is 0 Å². The predicted octanol–water partition coefficient (Wildman–Crippen LogP) is 8.88. The first-order valence-electron chi connectivity index (χ1n) is 30.1. The van der Waals surface area contributed by atoms with E-state index < -0.39 is 24.2 Å². The molecule has 3 aromatic carbocycles. The van der Waals surface area contributed by atoms with E-state index in [2.05, 4.69) is 67.8 Å². The number of benzene rings is 3. The number of nitrogens with zero attached hydrogens (tertiary/aromatic N) is 9. The molecule has 5 aliphatic heterocycles. The molecule has 9 atom stereocenters. The number of pyridine rings is 1. The van der Waals surface area contributed by atoms with E-state index in [9.17, 15) is 19.5 Å². The highest BCUT2D eigenvalue weighted by Gasteiger charge is 2.51. The standard InChI is InChI=1S/C64H75N11O9S/c1-35(2)53(61(78)74-30-46(76)24-51(74)60(77)67-37(4)39-12-14-40(15-13-39)58-38(5)66-33-85-58)52-23-44(71-84-52)27-72(6)63(79)81-31-45-18-20-64(19-9-21-75(45)64)32-82-62-69-57-50(59(70-62)73-28-42-16-17-43(29-73)68-42)26-65-56-49-25-47(83-34-80-7)22-41-10-8-11-48(55(41)49)36(3)54(56)57/h8,10-15,22-23,25-26,33,35-37,42-43,45-46,51,53,68,76H,9,16-21,24,27-32,34H2,1-7H3,(H,67,77)/t36?,37-,42?,43?,45-,46+,51-,53+,64-/m0/s1. The third-order valence-corrected chi connectivity index (χ3v) is 19.8. The summed E-state index contributed by atoms with van der Waals surface area (Å²) in [7, 11) is 3.27. The molecule has 0 saturated carbocycles. The molecule has 5 fully saturated rings. The van der Waals surface area contributed by atoms with Gasteiger partial charge < -0.3 is 53.9 Å². The van der Waals surface area contributed by atoms with Crippen LogP contribution >= 0.6 is 11.3 Å². The second kappa shape index (κ2) is 23.2. The quantitative estimate of drug-likeness (QED) is 0.0683. The Morgan fingerprint density at radius 1 is 0.988 bits per heavy atom. The maximum atomic E-state index is 14.5. The molecule has 21 heteroatoms. The van der Waals surface area contributed by atoms with Gasteiger partial charge >= 0.3 is 12.1 Å². The number of thiazole rings is 1. The zero-order valence-electron chi connectivity index (χ0n) is 49.4. The molecule has 0 radical (unpaired) electrons. The van der Waals surface area contributed by atoms with Crippen LogP contribution in [0.2, 0.25) is 0 Å². The van der Waals surface area contributed by atoms with Gasteiger partial charge in [0, 0.05) is 87.6 Å². The van der Waals surface area contributed by atoms with E-state index in [0.29, 0.717) is 41.9 Å². The van der Waals surface area contributed by atoms with Crippen LogP contribution < -0.4 is 25.0 Å². The number of aliphatic hydroxyl groups excluding tert-OH is 1. The van der Waals surface area contributed by atoms with Crippen molar-refractivity contribution < 1.29 is 43.0 Å². The van der Waals surface area contributed by atoms with E-state index in [1.807, 2.05) is 63.7 Å². The number of nitrogens with one attached hydrogen (secondary N) is 2. The van der Waals surface area contributed by atoms with Gasteiger partial charge in [-0.25, -0.2) is 9.78 Å². The predicted molar refractivity (Wildman–Crippen MR) is 322 cm³/mol. The fraction of sp³-hybridized carbons (Fsp3) is 0.500. The number of anilines is 1. The molecule has 3 amide bonds. The van der Waals surface area contributed by atoms with Crippen LogP contribution in [0.1, 0.15) is 124 Å². The van der Waals surface area contributed by atoms with E-state index in [4.69, 9.17) is 38.4 Å². The summed E-state index contributed by atoms with van der Waals surface area (Å²) < 4.78 is 30.1. The van der Waals surface area contributed by atoms with E-state index in [1.54, 1.807) is 31.6 Å². The fourth-order valence-electron chi connectivity index (χ4n) is 14.6. The largest absolute Gasteiger partial charge is 0.468 e. The molecule has 0 spiro atoms. The minimum Gasteiger partial charge on any atom is -0.468 e. The van der Waals surface area contributed by atoms with Crippen LogP contribution in [0.25, 0.3) is 43.4 Å². The average molecular weight is 1170 g/mol. The summed E-state index contributed by atoms with van der Waals surface area (Å²) in [4.78, 5) is 71.2. The first kappa shape index (κ1) is 56.8. The molecule has 20 nitrogen and oxygen atoms in total. The smallest absolute Gasteiger partial charge is 0.409 e. The Labute approximate surface area is 498 Å². The van der Waals surface area contributed by atoms with Crippen LogP contribution in [0.3, 0.4) is 0 Å². The van der Waals surface area contributed by atoms with Crippen molar-refractivity contribution in [2.75, 3.05) is 65.2 Å². The summed E-state index contributed by atoms with van der Waals surface area (Å²) >= 11 is 1.58. The molecule has 5 saturated heterocycles. The summed E-state index contributed by atoms with van der Waals surface area (Å²) in [5.74, 6) is 0.157. The molecular formula is C64H75N11O9S. The van der Waals surface area contributed by atoms with Crippen molar-refractivity contribution in [3.05, 3.63) is 106 Å². The molecule has 3 N–H and O–H groups in total. The number of amides is 3. The third-order valence-electron chi connectivity index (χ3n) is 18.8. The number of hydrogen-bond acceptors (Lipinski definition) is 18. The topological polar surface area (TPSA) is 223 Å². The van der Waals surface area contributed by atoms with Crippen molar-refractivity contribution in [3.63, 3.8) is 0 Å². The lowest BCUT2D eigenvalue weighted by Crippen LogP contribution is -2.51. The van der Waals surface area contributed by atoms with Crippen molar-refractivity contribution in [1.29, 1.82) is 0 Å². The van der Waals surface area contributed by atoms with Crippen LogP contribution in [-0.2, 0) is 25.6 Å². The van der Waals surface area contributed by atoms with E-state index in [0.717, 1.165) is 124 Å². The first-order chi connectivity index (χ1) is 41.1. The maximum Gasteiger partial charge on any atom is 0.409 e. The van der Waals surface area contributed by atoms with Gasteiger partial charge in [-0.2, -0.15) is 9.97 Å². The summed E-state index contributed by atoms with van der Waals surface area (Å²) in [6, 6.07) is 20.2. The number of rotatable bonds is 18. The van der Waals surface area contributed by atoms with E-state index in [-0.39, 0.29) is 74.2 Å². The summed E-state index contributed by atoms with van der Waals surface area (Å²) in [6.45, 7) is 13.3. The monoisotopic (exact) mass is 1170 g/mol. The SMILES string of the molecule is COCOc1cc2c3c(cccc3c1)C(C)c1c-2ncc2c(N3CC4CCC(C3)N4)nc(OC[C@@]34CCCN3[C@H](COC(=O)N(C)Cc3cc([C@H](C(=O)N5C[C@H](O)C[C@H]5C(=O)N[C@@H](C)c5ccc(-c6scnc6C)cc5)C(C)C)on3)CC4)nc12. The normalized spacial score (nSPS) is 24.0. The van der Waals surface area contributed by atoms with Gasteiger partial charge in [0.2, 0.25) is 11.8 Å². The van der Waals surface area contributed by atoms with Crippen molar-refractivity contribution in [2.45, 2.75) is 140 Å². The minimum absolute atomic E-state index is 0.00698. The Hall–Kier alpha value is -7.30. The van der Waals surface area contributed by atoms with Gasteiger partial charge in [-0.3, -0.25) is 19.5 Å². The lowest BCUT2D eigenvalue weighted by Gasteiger charge is -2.36. The van der Waals surface area contributed by atoms with Crippen LogP contribution in [0.15, 0.2) is 76.9 Å². The first-order valence-corrected chi connectivity index (χ1v) is 30.9. The minimum atomic E-state index is -0.877. The second-order valence-electron chi connectivity index (χ2n) is 24.7. The molecule has 4 aromatic heterocycles. The zero-order chi connectivity index (χ0) is 58.8. The second-order valence-corrected chi connectivity index (χ2v) is 25.6. The van der Waals surface area contributed by atoms with Crippen molar-refractivity contribution in [3.8, 4) is 33.5 Å². The van der Waals surface area contributed by atoms with E-state index in [1.165, 1.54) is 15.4 Å². The number of β-amino-alcohol motifs (C(OH)–C–C–N with tert-alkyl or cyclic N) is 1.